The molecule has 8 heterocycles. The molecule has 25 rings (SSSR count). The standard InChI is InChI=1S/C122H103BN8/c1-118(2,3)74-48-58-103-91(64-74)92-65-75(119(4,5)6)49-59-104(92)126(103)83-52-56-97-111(72-83)130(109-46-30-40-89-95-70-81(54-62-107(95)128(116(89)109)79-32-18-16-19-33-79)124-99-42-26-22-36-85(99)86-37-23-27-43-100(86)124)113-68-78(122(13,14)15)69-114-115(113)123(97)98-57-53-84(127-105-60-50-76(120(7,8)9)66-93(105)94-67-77(121(10,11)12)51-61-106(94)127)73-112(98)131(114)110-47-31-41-90-96-71-82(55-63-108(96)129(117(90)110)80-34-20-17-21-35-80)125-101-44-28-24-38-87(101)88-39-25-29-45-102(88)125/h16-73H,1-15H3. The molecule has 2 aliphatic rings. The average molecular weight is 1690 g/mol. The highest BCUT2D eigenvalue weighted by Gasteiger charge is 2.46. The van der Waals surface area contributed by atoms with Crippen molar-refractivity contribution in [1.82, 2.24) is 27.4 Å². The van der Waals surface area contributed by atoms with Crippen molar-refractivity contribution >= 4 is 188 Å². The van der Waals surface area contributed by atoms with Gasteiger partial charge < -0.3 is 37.2 Å². The molecule has 2 aliphatic heterocycles. The lowest BCUT2D eigenvalue weighted by Gasteiger charge is -2.45. The van der Waals surface area contributed by atoms with E-state index in [2.05, 4.69) is 493 Å². The second kappa shape index (κ2) is 27.9. The fourth-order valence-corrected chi connectivity index (χ4v) is 22.5. The average Bonchev–Trinajstić information content (AvgIpc) is 1.67. The van der Waals surface area contributed by atoms with Crippen molar-refractivity contribution in [2.75, 3.05) is 9.80 Å². The van der Waals surface area contributed by atoms with Gasteiger partial charge in [-0.2, -0.15) is 0 Å². The summed E-state index contributed by atoms with van der Waals surface area (Å²) < 4.78 is 15.2. The Balaban J connectivity index is 0.821. The van der Waals surface area contributed by atoms with E-state index in [0.29, 0.717) is 0 Å². The second-order valence-electron chi connectivity index (χ2n) is 42.2. The topological polar surface area (TPSA) is 36.1 Å². The maximum atomic E-state index is 2.73. The van der Waals surface area contributed by atoms with E-state index in [9.17, 15) is 0 Å². The molecule has 6 aromatic heterocycles. The number of fused-ring (bicyclic) bond motifs is 22. The molecule has 8 nitrogen and oxygen atoms in total. The Bertz CT molecular complexity index is 8070. The Morgan fingerprint density at radius 1 is 0.168 bits per heavy atom. The molecule has 0 N–H and O–H groups in total. The van der Waals surface area contributed by atoms with Gasteiger partial charge in [0.15, 0.2) is 0 Å². The predicted octanol–water partition coefficient (Wildman–Crippen LogP) is 30.8. The van der Waals surface area contributed by atoms with Crippen LogP contribution in [0.1, 0.15) is 132 Å². The molecule has 0 amide bonds. The SMILES string of the molecule is CC(C)(C)c1cc2c3c(c1)N(c1cccc4c5cc(-n6c7ccccc7c7ccccc76)ccc5n(-c5ccccc5)c14)c1cc(-n4c5ccc(C(C)(C)C)cc5c5cc(C(C)(C)C)ccc54)ccc1B3c1ccc(-n3c4ccc(C(C)(C)C)cc4c4cc(C(C)(C)C)ccc43)cc1N2c1cccc2c3cc(-n4c5ccccc5c5ccccc54)ccc3n(-c3ccccc3)c12. The first-order chi connectivity index (χ1) is 63.2. The minimum absolute atomic E-state index is 0.0843. The van der Waals surface area contributed by atoms with Crippen LogP contribution in [0.15, 0.2) is 352 Å². The van der Waals surface area contributed by atoms with Gasteiger partial charge in [-0.15, -0.1) is 0 Å². The predicted molar refractivity (Wildman–Crippen MR) is 560 cm³/mol. The summed E-state index contributed by atoms with van der Waals surface area (Å²) in [5, 5.41) is 14.6. The second-order valence-corrected chi connectivity index (χ2v) is 42.2. The van der Waals surface area contributed by atoms with Crippen molar-refractivity contribution in [3.05, 3.63) is 380 Å². The summed E-state index contributed by atoms with van der Waals surface area (Å²) in [6.07, 6.45) is 0. The first kappa shape index (κ1) is 78.5. The maximum Gasteiger partial charge on any atom is 0.252 e. The summed E-state index contributed by atoms with van der Waals surface area (Å²) in [5.41, 5.74) is 36.5. The van der Waals surface area contributed by atoms with Gasteiger partial charge in [0.2, 0.25) is 0 Å². The van der Waals surface area contributed by atoms with Crippen LogP contribution in [0.4, 0.5) is 34.1 Å². The van der Waals surface area contributed by atoms with Crippen LogP contribution in [0.3, 0.4) is 0 Å². The van der Waals surface area contributed by atoms with Gasteiger partial charge in [0.1, 0.15) is 0 Å². The van der Waals surface area contributed by atoms with Crippen molar-refractivity contribution in [3.8, 4) is 34.1 Å². The van der Waals surface area contributed by atoms with Gasteiger partial charge in [0, 0.05) is 122 Å². The van der Waals surface area contributed by atoms with E-state index < -0.39 is 0 Å². The number of anilines is 6. The van der Waals surface area contributed by atoms with Crippen LogP contribution < -0.4 is 26.2 Å². The van der Waals surface area contributed by atoms with Crippen molar-refractivity contribution in [3.63, 3.8) is 0 Å². The molecule has 0 bridgehead atoms. The third-order valence-corrected chi connectivity index (χ3v) is 29.1. The largest absolute Gasteiger partial charge is 0.309 e. The molecule has 634 valence electrons. The van der Waals surface area contributed by atoms with Crippen molar-refractivity contribution in [1.29, 1.82) is 0 Å². The normalized spacial score (nSPS) is 13.4. The Labute approximate surface area is 764 Å². The van der Waals surface area contributed by atoms with E-state index in [1.54, 1.807) is 0 Å². The van der Waals surface area contributed by atoms with Gasteiger partial charge in [0.05, 0.1) is 77.6 Å². The summed E-state index contributed by atoms with van der Waals surface area (Å²) in [7, 11) is 0. The molecule has 23 aromatic rings. The molecule has 0 radical (unpaired) electrons. The molecular weight excluding hydrogens is 1590 g/mol. The smallest absolute Gasteiger partial charge is 0.252 e. The number of aromatic nitrogens is 6. The monoisotopic (exact) mass is 1690 g/mol. The van der Waals surface area contributed by atoms with Gasteiger partial charge >= 0.3 is 0 Å². The van der Waals surface area contributed by atoms with Gasteiger partial charge in [-0.25, -0.2) is 0 Å². The van der Waals surface area contributed by atoms with E-state index in [0.717, 1.165) is 101 Å². The van der Waals surface area contributed by atoms with Gasteiger partial charge in [-0.3, -0.25) is 0 Å². The highest BCUT2D eigenvalue weighted by atomic mass is 15.2. The van der Waals surface area contributed by atoms with Gasteiger partial charge in [-0.05, 0) is 253 Å². The van der Waals surface area contributed by atoms with E-state index in [1.807, 2.05) is 0 Å². The van der Waals surface area contributed by atoms with Crippen molar-refractivity contribution in [2.45, 2.75) is 131 Å². The lowest BCUT2D eigenvalue weighted by Crippen LogP contribution is -2.61. The van der Waals surface area contributed by atoms with E-state index in [4.69, 9.17) is 0 Å². The zero-order chi connectivity index (χ0) is 89.1. The number of hydrogen-bond donors (Lipinski definition) is 0. The molecular formula is C122H103BN8. The minimum Gasteiger partial charge on any atom is -0.309 e. The highest BCUT2D eigenvalue weighted by molar-refractivity contribution is 7.00. The zero-order valence-corrected chi connectivity index (χ0v) is 77.1. The highest BCUT2D eigenvalue weighted by Crippen LogP contribution is 2.54. The fraction of sp³-hybridized carbons (Fsp3) is 0.164. The quantitative estimate of drug-likeness (QED) is 0.142. The lowest BCUT2D eigenvalue weighted by atomic mass is 9.33. The van der Waals surface area contributed by atoms with Crippen LogP contribution in [0.5, 0.6) is 0 Å². The molecule has 0 saturated heterocycles. The number of nitrogens with zero attached hydrogens (tertiary/aromatic N) is 8. The Hall–Kier alpha value is -14.8. The summed E-state index contributed by atoms with van der Waals surface area (Å²) in [6, 6.07) is 136. The van der Waals surface area contributed by atoms with Gasteiger partial charge in [-0.1, -0.05) is 274 Å². The third-order valence-electron chi connectivity index (χ3n) is 29.1. The summed E-state index contributed by atoms with van der Waals surface area (Å²) in [5.74, 6) is 0. The molecule has 0 atom stereocenters. The third kappa shape index (κ3) is 11.7. The van der Waals surface area contributed by atoms with Crippen molar-refractivity contribution < 1.29 is 0 Å². The van der Waals surface area contributed by atoms with E-state index >= 15 is 0 Å². The van der Waals surface area contributed by atoms with Crippen LogP contribution in [-0.2, 0) is 27.1 Å². The number of rotatable bonds is 8. The summed E-state index contributed by atoms with van der Waals surface area (Å²) >= 11 is 0. The number of hydrogen-bond acceptors (Lipinski definition) is 2. The molecule has 0 aliphatic carbocycles. The minimum atomic E-state index is -0.382. The van der Waals surface area contributed by atoms with Crippen LogP contribution in [0.2, 0.25) is 0 Å². The Morgan fingerprint density at radius 3 is 0.748 bits per heavy atom. The Morgan fingerprint density at radius 2 is 0.427 bits per heavy atom. The van der Waals surface area contributed by atoms with Crippen LogP contribution in [0, 0.1) is 0 Å². The molecule has 9 heteroatoms. The van der Waals surface area contributed by atoms with Crippen LogP contribution in [-0.4, -0.2) is 34.1 Å². The summed E-state index contributed by atoms with van der Waals surface area (Å²) in [6.45, 7) is 35.1. The molecule has 0 saturated carbocycles. The Kier molecular flexibility index (Phi) is 16.7. The maximum absolute atomic E-state index is 2.73. The zero-order valence-electron chi connectivity index (χ0n) is 77.1. The molecule has 0 fully saturated rings. The van der Waals surface area contributed by atoms with Crippen LogP contribution in [0.25, 0.3) is 165 Å². The molecule has 0 spiro atoms. The van der Waals surface area contributed by atoms with Crippen molar-refractivity contribution in [2.24, 2.45) is 0 Å². The van der Waals surface area contributed by atoms with E-state index in [-0.39, 0.29) is 33.8 Å². The number of para-hydroxylation sites is 8. The first-order valence-electron chi connectivity index (χ1n) is 46.7. The fourth-order valence-electron chi connectivity index (χ4n) is 22.5. The molecule has 17 aromatic carbocycles. The van der Waals surface area contributed by atoms with Crippen LogP contribution >= 0.6 is 0 Å². The number of benzene rings is 17. The summed E-state index contributed by atoms with van der Waals surface area (Å²) in [4.78, 5) is 5.46. The molecule has 131 heavy (non-hydrogen) atoms. The lowest BCUT2D eigenvalue weighted by molar-refractivity contribution is 0.590. The van der Waals surface area contributed by atoms with E-state index in [1.165, 1.54) is 142 Å². The van der Waals surface area contributed by atoms with Gasteiger partial charge in [0.25, 0.3) is 6.71 Å². The first-order valence-corrected chi connectivity index (χ1v) is 46.7. The molecule has 0 unspecified atom stereocenters.